The highest BCUT2D eigenvalue weighted by Crippen LogP contribution is 2.22. The summed E-state index contributed by atoms with van der Waals surface area (Å²) in [5.74, 6) is -0.383. The first-order valence-electron chi connectivity index (χ1n) is 8.68. The van der Waals surface area contributed by atoms with E-state index in [0.717, 1.165) is 25.7 Å². The third-order valence-electron chi connectivity index (χ3n) is 4.45. The molecule has 1 heterocycles. The van der Waals surface area contributed by atoms with Gasteiger partial charge in [-0.25, -0.2) is 9.18 Å². The van der Waals surface area contributed by atoms with E-state index < -0.39 is 11.8 Å². The SMILES string of the molecule is NC1CCC(NC(=O)Nc2nocc2/C(=N/O)Nc2ccc(F)c(Br)c2)CC1. The summed E-state index contributed by atoms with van der Waals surface area (Å²) in [6, 6.07) is 3.96. The van der Waals surface area contributed by atoms with Crippen LogP contribution >= 0.6 is 15.9 Å². The molecule has 0 spiro atoms. The van der Waals surface area contributed by atoms with Gasteiger partial charge in [0, 0.05) is 17.8 Å². The van der Waals surface area contributed by atoms with Crippen molar-refractivity contribution in [3.05, 3.63) is 40.3 Å². The van der Waals surface area contributed by atoms with Crippen LogP contribution in [0.2, 0.25) is 0 Å². The molecule has 0 bridgehead atoms. The van der Waals surface area contributed by atoms with Crippen LogP contribution in [0, 0.1) is 5.82 Å². The zero-order valence-corrected chi connectivity index (χ0v) is 16.4. The molecular weight excluding hydrogens is 435 g/mol. The zero-order valence-electron chi connectivity index (χ0n) is 14.8. The highest BCUT2D eigenvalue weighted by molar-refractivity contribution is 9.10. The predicted octanol–water partition coefficient (Wildman–Crippen LogP) is 3.22. The molecule has 0 saturated heterocycles. The molecule has 1 fully saturated rings. The van der Waals surface area contributed by atoms with Crippen molar-refractivity contribution in [2.24, 2.45) is 10.9 Å². The van der Waals surface area contributed by atoms with Crippen LogP contribution in [0.1, 0.15) is 31.2 Å². The Kier molecular flexibility index (Phi) is 6.47. The van der Waals surface area contributed by atoms with Crippen molar-refractivity contribution in [2.45, 2.75) is 37.8 Å². The molecule has 2 aromatic rings. The molecule has 1 aromatic heterocycles. The second-order valence-electron chi connectivity index (χ2n) is 6.49. The number of carbonyl (C=O) groups is 1. The molecule has 1 saturated carbocycles. The Morgan fingerprint density at radius 1 is 1.32 bits per heavy atom. The number of amidine groups is 1. The van der Waals surface area contributed by atoms with Crippen LogP contribution in [-0.4, -0.2) is 34.3 Å². The number of hydrogen-bond donors (Lipinski definition) is 5. The summed E-state index contributed by atoms with van der Waals surface area (Å²) >= 11 is 3.08. The van der Waals surface area contributed by atoms with Gasteiger partial charge in [0.25, 0.3) is 0 Å². The van der Waals surface area contributed by atoms with Crippen LogP contribution in [0.3, 0.4) is 0 Å². The van der Waals surface area contributed by atoms with Crippen LogP contribution in [0.15, 0.2) is 38.6 Å². The van der Waals surface area contributed by atoms with E-state index in [-0.39, 0.29) is 33.8 Å². The standard InChI is InChI=1S/C17H20BrFN6O3/c18-13-7-11(5-6-14(13)19)21-15(24-27)12-8-28-25-16(12)23-17(26)22-10-3-1-9(20)2-4-10/h5-10,27H,1-4,20H2,(H,21,24)(H2,22,23,25,26). The lowest BCUT2D eigenvalue weighted by Crippen LogP contribution is -2.42. The topological polar surface area (TPSA) is 138 Å². The number of amides is 2. The average Bonchev–Trinajstić information content (AvgIpc) is 3.12. The summed E-state index contributed by atoms with van der Waals surface area (Å²) < 4.78 is 18.5. The molecule has 11 heteroatoms. The minimum absolute atomic E-state index is 0.0290. The Morgan fingerprint density at radius 3 is 2.75 bits per heavy atom. The van der Waals surface area contributed by atoms with E-state index in [0.29, 0.717) is 5.69 Å². The second kappa shape index (κ2) is 9.02. The van der Waals surface area contributed by atoms with Gasteiger partial charge in [-0.1, -0.05) is 10.3 Å². The lowest BCUT2D eigenvalue weighted by Gasteiger charge is -2.26. The van der Waals surface area contributed by atoms with Gasteiger partial charge in [-0.2, -0.15) is 0 Å². The number of urea groups is 1. The zero-order chi connectivity index (χ0) is 20.1. The maximum Gasteiger partial charge on any atom is 0.320 e. The molecule has 2 amide bonds. The van der Waals surface area contributed by atoms with Crippen molar-refractivity contribution in [1.82, 2.24) is 10.5 Å². The number of aromatic nitrogens is 1. The minimum atomic E-state index is -0.447. The van der Waals surface area contributed by atoms with E-state index >= 15 is 0 Å². The molecule has 3 rings (SSSR count). The van der Waals surface area contributed by atoms with Gasteiger partial charge in [-0.05, 0) is 59.8 Å². The lowest BCUT2D eigenvalue weighted by molar-refractivity contribution is 0.242. The number of halogens is 2. The maximum atomic E-state index is 13.4. The average molecular weight is 455 g/mol. The maximum absolute atomic E-state index is 13.4. The quantitative estimate of drug-likeness (QED) is 0.208. The molecule has 1 aliphatic rings. The van der Waals surface area contributed by atoms with Gasteiger partial charge in [-0.3, -0.25) is 5.32 Å². The van der Waals surface area contributed by atoms with Crippen LogP contribution in [0.5, 0.6) is 0 Å². The number of nitrogens with one attached hydrogen (secondary N) is 3. The van der Waals surface area contributed by atoms with E-state index in [2.05, 4.69) is 42.2 Å². The Hall–Kier alpha value is -2.66. The summed E-state index contributed by atoms with van der Waals surface area (Å²) in [5.41, 5.74) is 6.55. The lowest BCUT2D eigenvalue weighted by atomic mass is 9.92. The summed E-state index contributed by atoms with van der Waals surface area (Å²) in [5, 5.41) is 24.5. The molecule has 0 unspecified atom stereocenters. The van der Waals surface area contributed by atoms with Crippen LogP contribution in [0.25, 0.3) is 0 Å². The van der Waals surface area contributed by atoms with Gasteiger partial charge < -0.3 is 26.1 Å². The molecule has 1 aliphatic carbocycles. The Labute approximate surface area is 168 Å². The molecule has 150 valence electrons. The van der Waals surface area contributed by atoms with E-state index in [4.69, 9.17) is 10.3 Å². The molecule has 28 heavy (non-hydrogen) atoms. The van der Waals surface area contributed by atoms with Crippen molar-refractivity contribution < 1.29 is 18.9 Å². The fourth-order valence-electron chi connectivity index (χ4n) is 2.94. The predicted molar refractivity (Wildman–Crippen MR) is 105 cm³/mol. The first-order chi connectivity index (χ1) is 13.5. The highest BCUT2D eigenvalue weighted by Gasteiger charge is 2.22. The molecule has 0 aliphatic heterocycles. The van der Waals surface area contributed by atoms with Gasteiger partial charge >= 0.3 is 6.03 Å². The summed E-state index contributed by atoms with van der Waals surface area (Å²) in [6.07, 6.45) is 4.56. The van der Waals surface area contributed by atoms with E-state index in [1.54, 1.807) is 0 Å². The fourth-order valence-corrected chi connectivity index (χ4v) is 3.32. The van der Waals surface area contributed by atoms with E-state index in [1.807, 2.05) is 0 Å². The van der Waals surface area contributed by atoms with Crippen molar-refractivity contribution in [1.29, 1.82) is 0 Å². The van der Waals surface area contributed by atoms with Gasteiger partial charge in [0.1, 0.15) is 17.6 Å². The number of nitrogens with two attached hydrogens (primary N) is 1. The van der Waals surface area contributed by atoms with Crippen LogP contribution < -0.4 is 21.7 Å². The first kappa shape index (κ1) is 20.1. The Morgan fingerprint density at radius 2 is 2.07 bits per heavy atom. The normalized spacial score (nSPS) is 19.9. The first-order valence-corrected chi connectivity index (χ1v) is 9.47. The third kappa shape index (κ3) is 4.98. The minimum Gasteiger partial charge on any atom is -0.409 e. The number of oxime groups is 1. The second-order valence-corrected chi connectivity index (χ2v) is 7.34. The fraction of sp³-hybridized carbons (Fsp3) is 0.353. The molecular formula is C17H20BrFN6O3. The van der Waals surface area contributed by atoms with E-state index in [9.17, 15) is 14.4 Å². The summed E-state index contributed by atoms with van der Waals surface area (Å²) in [4.78, 5) is 12.3. The molecule has 0 radical (unpaired) electrons. The Bertz CT molecular complexity index is 866. The number of benzene rings is 1. The Balaban J connectivity index is 1.65. The highest BCUT2D eigenvalue weighted by atomic mass is 79.9. The number of rotatable bonds is 4. The van der Waals surface area contributed by atoms with Gasteiger partial charge in [-0.15, -0.1) is 0 Å². The van der Waals surface area contributed by atoms with Gasteiger partial charge in [0.15, 0.2) is 11.7 Å². The number of carbonyl (C=O) groups excluding carboxylic acids is 1. The summed E-state index contributed by atoms with van der Waals surface area (Å²) in [6.45, 7) is 0. The molecule has 0 atom stereocenters. The number of anilines is 2. The van der Waals surface area contributed by atoms with Crippen LogP contribution in [-0.2, 0) is 0 Å². The van der Waals surface area contributed by atoms with Crippen molar-refractivity contribution >= 4 is 39.3 Å². The number of hydrogen-bond acceptors (Lipinski definition) is 6. The largest absolute Gasteiger partial charge is 0.409 e. The molecule has 1 aromatic carbocycles. The van der Waals surface area contributed by atoms with Gasteiger partial charge in [0.2, 0.25) is 0 Å². The third-order valence-corrected chi connectivity index (χ3v) is 5.05. The van der Waals surface area contributed by atoms with Crippen molar-refractivity contribution in [3.63, 3.8) is 0 Å². The number of nitrogens with zero attached hydrogens (tertiary/aromatic N) is 2. The summed E-state index contributed by atoms with van der Waals surface area (Å²) in [7, 11) is 0. The molecule has 6 N–H and O–H groups in total. The van der Waals surface area contributed by atoms with Crippen LogP contribution in [0.4, 0.5) is 20.7 Å². The molecule has 9 nitrogen and oxygen atoms in total. The van der Waals surface area contributed by atoms with Gasteiger partial charge in [0.05, 0.1) is 4.47 Å². The monoisotopic (exact) mass is 454 g/mol. The van der Waals surface area contributed by atoms with Crippen molar-refractivity contribution in [2.75, 3.05) is 10.6 Å². The van der Waals surface area contributed by atoms with E-state index in [1.165, 1.54) is 24.5 Å². The van der Waals surface area contributed by atoms with Crippen molar-refractivity contribution in [3.8, 4) is 0 Å². The smallest absolute Gasteiger partial charge is 0.320 e.